The van der Waals surface area contributed by atoms with Crippen molar-refractivity contribution in [2.45, 2.75) is 26.5 Å². The number of rotatable bonds is 3. The monoisotopic (exact) mass is 338 g/mol. The summed E-state index contributed by atoms with van der Waals surface area (Å²) in [5.41, 5.74) is 2.85. The molecule has 0 saturated carbocycles. The van der Waals surface area contributed by atoms with Crippen molar-refractivity contribution in [3.05, 3.63) is 53.7 Å². The Bertz CT molecular complexity index is 911. The van der Waals surface area contributed by atoms with Crippen LogP contribution in [0.15, 0.2) is 36.7 Å². The SMILES string of the molecule is CCn1cc(C(=O)N2CCOC(c3ncc(C)[nH]3)C2)c2ccccc21. The molecule has 1 N–H and O–H groups in total. The third kappa shape index (κ3) is 2.82. The predicted octanol–water partition coefficient (Wildman–Crippen LogP) is 2.91. The van der Waals surface area contributed by atoms with Gasteiger partial charge in [0.25, 0.3) is 5.91 Å². The zero-order valence-electron chi connectivity index (χ0n) is 14.5. The second kappa shape index (κ2) is 6.37. The number of morpholine rings is 1. The number of carbonyl (C=O) groups is 1. The smallest absolute Gasteiger partial charge is 0.256 e. The molecule has 1 atom stereocenters. The molecule has 6 nitrogen and oxygen atoms in total. The third-order valence-corrected chi connectivity index (χ3v) is 4.74. The number of hydrogen-bond donors (Lipinski definition) is 1. The molecule has 3 heterocycles. The molecule has 2 aromatic heterocycles. The number of H-pyrrole nitrogens is 1. The summed E-state index contributed by atoms with van der Waals surface area (Å²) in [6, 6.07) is 8.06. The van der Waals surface area contributed by atoms with E-state index in [1.807, 2.05) is 36.2 Å². The lowest BCUT2D eigenvalue weighted by Crippen LogP contribution is -2.42. The number of aromatic amines is 1. The molecule has 0 aliphatic carbocycles. The highest BCUT2D eigenvalue weighted by atomic mass is 16.5. The maximum Gasteiger partial charge on any atom is 0.256 e. The van der Waals surface area contributed by atoms with Crippen LogP contribution in [0.5, 0.6) is 0 Å². The Kier molecular flexibility index (Phi) is 4.05. The molecule has 130 valence electrons. The summed E-state index contributed by atoms with van der Waals surface area (Å²) in [6.07, 6.45) is 3.55. The summed E-state index contributed by atoms with van der Waals surface area (Å²) < 4.78 is 7.94. The number of aryl methyl sites for hydroxylation is 2. The minimum absolute atomic E-state index is 0.0555. The molecular weight excluding hydrogens is 316 g/mol. The van der Waals surface area contributed by atoms with Crippen molar-refractivity contribution in [2.24, 2.45) is 0 Å². The van der Waals surface area contributed by atoms with Crippen LogP contribution in [0.3, 0.4) is 0 Å². The molecule has 1 aromatic carbocycles. The van der Waals surface area contributed by atoms with Gasteiger partial charge in [0.1, 0.15) is 11.9 Å². The van der Waals surface area contributed by atoms with Gasteiger partial charge in [-0.15, -0.1) is 0 Å². The van der Waals surface area contributed by atoms with Crippen molar-refractivity contribution in [3.63, 3.8) is 0 Å². The molecule has 1 fully saturated rings. The maximum absolute atomic E-state index is 13.2. The fourth-order valence-electron chi connectivity index (χ4n) is 3.44. The van der Waals surface area contributed by atoms with Gasteiger partial charge >= 0.3 is 0 Å². The van der Waals surface area contributed by atoms with Crippen LogP contribution in [0, 0.1) is 6.92 Å². The summed E-state index contributed by atoms with van der Waals surface area (Å²) in [6.45, 7) is 6.51. The zero-order chi connectivity index (χ0) is 17.4. The van der Waals surface area contributed by atoms with E-state index in [0.29, 0.717) is 19.7 Å². The number of para-hydroxylation sites is 1. The lowest BCUT2D eigenvalue weighted by atomic mass is 10.1. The molecule has 25 heavy (non-hydrogen) atoms. The molecule has 1 saturated heterocycles. The average Bonchev–Trinajstić information content (AvgIpc) is 3.25. The van der Waals surface area contributed by atoms with Crippen LogP contribution in [0.25, 0.3) is 10.9 Å². The molecule has 3 aromatic rings. The Morgan fingerprint density at radius 3 is 3.00 bits per heavy atom. The molecule has 0 radical (unpaired) electrons. The van der Waals surface area contributed by atoms with Gasteiger partial charge < -0.3 is 19.2 Å². The minimum Gasteiger partial charge on any atom is -0.367 e. The first kappa shape index (κ1) is 15.9. The summed E-state index contributed by atoms with van der Waals surface area (Å²) in [5, 5.41) is 1.01. The van der Waals surface area contributed by atoms with E-state index in [2.05, 4.69) is 27.5 Å². The Balaban J connectivity index is 1.62. The lowest BCUT2D eigenvalue weighted by molar-refractivity contribution is -0.0264. The van der Waals surface area contributed by atoms with Gasteiger partial charge in [-0.05, 0) is 19.9 Å². The quantitative estimate of drug-likeness (QED) is 0.799. The van der Waals surface area contributed by atoms with Gasteiger partial charge in [0.2, 0.25) is 0 Å². The fraction of sp³-hybridized carbons (Fsp3) is 0.368. The highest BCUT2D eigenvalue weighted by Gasteiger charge is 2.29. The molecule has 1 aliphatic rings. The Morgan fingerprint density at radius 2 is 2.24 bits per heavy atom. The third-order valence-electron chi connectivity index (χ3n) is 4.74. The van der Waals surface area contributed by atoms with Crippen LogP contribution in [0.4, 0.5) is 0 Å². The first-order chi connectivity index (χ1) is 12.2. The molecule has 1 amide bonds. The predicted molar refractivity (Wildman–Crippen MR) is 95.5 cm³/mol. The Labute approximate surface area is 146 Å². The first-order valence-electron chi connectivity index (χ1n) is 8.67. The Morgan fingerprint density at radius 1 is 1.40 bits per heavy atom. The molecular formula is C19H22N4O2. The van der Waals surface area contributed by atoms with E-state index >= 15 is 0 Å². The van der Waals surface area contributed by atoms with Gasteiger partial charge in [-0.25, -0.2) is 4.98 Å². The van der Waals surface area contributed by atoms with Crippen molar-refractivity contribution >= 4 is 16.8 Å². The highest BCUT2D eigenvalue weighted by molar-refractivity contribution is 6.07. The van der Waals surface area contributed by atoms with Crippen molar-refractivity contribution < 1.29 is 9.53 Å². The molecule has 0 bridgehead atoms. The highest BCUT2D eigenvalue weighted by Crippen LogP contribution is 2.26. The van der Waals surface area contributed by atoms with Crippen LogP contribution in [0.1, 0.15) is 34.9 Å². The fourth-order valence-corrected chi connectivity index (χ4v) is 3.44. The van der Waals surface area contributed by atoms with Gasteiger partial charge in [-0.1, -0.05) is 18.2 Å². The van der Waals surface area contributed by atoms with Gasteiger partial charge in [0.05, 0.1) is 18.7 Å². The number of imidazole rings is 1. The van der Waals surface area contributed by atoms with Gasteiger partial charge in [-0.2, -0.15) is 0 Å². The van der Waals surface area contributed by atoms with Crippen molar-refractivity contribution in [3.8, 4) is 0 Å². The van der Waals surface area contributed by atoms with E-state index in [1.165, 1.54) is 0 Å². The summed E-state index contributed by atoms with van der Waals surface area (Å²) >= 11 is 0. The van der Waals surface area contributed by atoms with E-state index in [-0.39, 0.29) is 12.0 Å². The second-order valence-corrected chi connectivity index (χ2v) is 6.41. The number of nitrogens with one attached hydrogen (secondary N) is 1. The summed E-state index contributed by atoms with van der Waals surface area (Å²) in [5.74, 6) is 0.839. The molecule has 4 rings (SSSR count). The lowest BCUT2D eigenvalue weighted by Gasteiger charge is -2.32. The van der Waals surface area contributed by atoms with E-state index in [4.69, 9.17) is 4.74 Å². The number of nitrogens with zero attached hydrogens (tertiary/aromatic N) is 3. The van der Waals surface area contributed by atoms with Crippen LogP contribution in [0.2, 0.25) is 0 Å². The van der Waals surface area contributed by atoms with Crippen molar-refractivity contribution in [1.82, 2.24) is 19.4 Å². The number of carbonyl (C=O) groups excluding carboxylic acids is 1. The molecule has 1 aliphatic heterocycles. The van der Waals surface area contributed by atoms with E-state index in [1.54, 1.807) is 6.20 Å². The standard InChI is InChI=1S/C19H22N4O2/c1-3-22-11-15(14-6-4-5-7-16(14)22)19(24)23-8-9-25-17(12-23)18-20-10-13(2)21-18/h4-7,10-11,17H,3,8-9,12H2,1-2H3,(H,20,21). The van der Waals surface area contributed by atoms with E-state index in [0.717, 1.165) is 34.5 Å². The average molecular weight is 338 g/mol. The Hall–Kier alpha value is -2.60. The van der Waals surface area contributed by atoms with Crippen LogP contribution < -0.4 is 0 Å². The number of benzene rings is 1. The number of amides is 1. The normalized spacial score (nSPS) is 18.0. The van der Waals surface area contributed by atoms with Crippen LogP contribution in [-0.2, 0) is 11.3 Å². The van der Waals surface area contributed by atoms with E-state index in [9.17, 15) is 4.79 Å². The number of aromatic nitrogens is 3. The molecule has 1 unspecified atom stereocenters. The van der Waals surface area contributed by atoms with Gasteiger partial charge in [0, 0.05) is 42.1 Å². The van der Waals surface area contributed by atoms with Crippen molar-refractivity contribution in [2.75, 3.05) is 19.7 Å². The van der Waals surface area contributed by atoms with Gasteiger partial charge in [-0.3, -0.25) is 4.79 Å². The topological polar surface area (TPSA) is 63.1 Å². The van der Waals surface area contributed by atoms with Crippen LogP contribution in [-0.4, -0.2) is 45.0 Å². The van der Waals surface area contributed by atoms with E-state index < -0.39 is 0 Å². The van der Waals surface area contributed by atoms with Crippen molar-refractivity contribution in [1.29, 1.82) is 0 Å². The number of fused-ring (bicyclic) bond motifs is 1. The largest absolute Gasteiger partial charge is 0.367 e. The minimum atomic E-state index is -0.203. The number of ether oxygens (including phenoxy) is 1. The van der Waals surface area contributed by atoms with Gasteiger partial charge in [0.15, 0.2) is 0 Å². The second-order valence-electron chi connectivity index (χ2n) is 6.41. The summed E-state index contributed by atoms with van der Waals surface area (Å²) in [4.78, 5) is 22.6. The first-order valence-corrected chi connectivity index (χ1v) is 8.67. The van der Waals surface area contributed by atoms with Crippen LogP contribution >= 0.6 is 0 Å². The maximum atomic E-state index is 13.2. The molecule has 0 spiro atoms. The summed E-state index contributed by atoms with van der Waals surface area (Å²) in [7, 11) is 0. The molecule has 6 heteroatoms. The zero-order valence-corrected chi connectivity index (χ0v) is 14.5. The number of hydrogen-bond acceptors (Lipinski definition) is 3.